The van der Waals surface area contributed by atoms with E-state index in [-0.39, 0.29) is 40.1 Å². The van der Waals surface area contributed by atoms with E-state index in [1.54, 1.807) is 0 Å². The summed E-state index contributed by atoms with van der Waals surface area (Å²) < 4.78 is 19.0. The molecule has 1 aliphatic carbocycles. The number of hydrogen-bond acceptors (Lipinski definition) is 5. The molecule has 1 fully saturated rings. The molecule has 1 unspecified atom stereocenters. The van der Waals surface area contributed by atoms with Crippen LogP contribution in [0.15, 0.2) is 48.5 Å². The highest BCUT2D eigenvalue weighted by molar-refractivity contribution is 6.74. The van der Waals surface area contributed by atoms with Gasteiger partial charge in [-0.05, 0) is 90.1 Å². The molecular formula is C40H66O5Si2. The Morgan fingerprint density at radius 2 is 1.53 bits per heavy atom. The Morgan fingerprint density at radius 3 is 2.11 bits per heavy atom. The maximum Gasteiger partial charge on any atom is 0.305 e. The molecule has 5 atom stereocenters. The Labute approximate surface area is 289 Å². The Morgan fingerprint density at radius 1 is 0.915 bits per heavy atom. The van der Waals surface area contributed by atoms with Gasteiger partial charge in [-0.3, -0.25) is 4.79 Å². The Kier molecular flexibility index (Phi) is 13.7. The van der Waals surface area contributed by atoms with Crippen LogP contribution in [0.4, 0.5) is 0 Å². The normalized spacial score (nSPS) is 21.6. The minimum Gasteiger partial charge on any atom is -0.469 e. The van der Waals surface area contributed by atoms with Gasteiger partial charge in [-0.1, -0.05) is 116 Å². The molecular weight excluding hydrogens is 617 g/mol. The summed E-state index contributed by atoms with van der Waals surface area (Å²) in [5.74, 6) is -0.0971. The molecule has 3 rings (SSSR count). The van der Waals surface area contributed by atoms with E-state index in [9.17, 15) is 9.90 Å². The van der Waals surface area contributed by atoms with Crippen molar-refractivity contribution in [2.75, 3.05) is 7.11 Å². The molecule has 0 saturated heterocycles. The first-order valence-corrected chi connectivity index (χ1v) is 23.9. The summed E-state index contributed by atoms with van der Waals surface area (Å²) in [7, 11) is -2.62. The highest BCUT2D eigenvalue weighted by Crippen LogP contribution is 2.48. The number of aliphatic hydroxyl groups excluding tert-OH is 1. The summed E-state index contributed by atoms with van der Waals surface area (Å²) in [5.41, 5.74) is 4.79. The molecule has 0 bridgehead atoms. The summed E-state index contributed by atoms with van der Waals surface area (Å²) in [6.45, 7) is 25.4. The quantitative estimate of drug-likeness (QED) is 0.115. The Balaban J connectivity index is 1.97. The molecule has 47 heavy (non-hydrogen) atoms. The second-order valence-corrected chi connectivity index (χ2v) is 26.6. The van der Waals surface area contributed by atoms with Crippen molar-refractivity contribution in [1.29, 1.82) is 0 Å². The van der Waals surface area contributed by atoms with Gasteiger partial charge < -0.3 is 18.7 Å². The maximum absolute atomic E-state index is 11.8. The molecule has 0 radical (unpaired) electrons. The molecule has 0 aromatic heterocycles. The lowest BCUT2D eigenvalue weighted by atomic mass is 9.82. The molecule has 0 amide bonds. The molecule has 1 saturated carbocycles. The summed E-state index contributed by atoms with van der Waals surface area (Å²) in [4.78, 5) is 11.8. The van der Waals surface area contributed by atoms with Crippen molar-refractivity contribution in [3.8, 4) is 0 Å². The smallest absolute Gasteiger partial charge is 0.305 e. The summed E-state index contributed by atoms with van der Waals surface area (Å²) >= 11 is 0. The number of ether oxygens (including phenoxy) is 1. The third kappa shape index (κ3) is 10.6. The Hall–Kier alpha value is -1.78. The van der Waals surface area contributed by atoms with Crippen LogP contribution in [-0.4, -0.2) is 47.0 Å². The molecule has 2 aromatic rings. The largest absolute Gasteiger partial charge is 0.469 e. The minimum absolute atomic E-state index is 0.0234. The van der Waals surface area contributed by atoms with Gasteiger partial charge in [-0.25, -0.2) is 0 Å². The fourth-order valence-electron chi connectivity index (χ4n) is 6.35. The number of carbonyl (C=O) groups excluding carboxylic acids is 1. The lowest BCUT2D eigenvalue weighted by Crippen LogP contribution is -2.44. The van der Waals surface area contributed by atoms with Gasteiger partial charge >= 0.3 is 5.97 Å². The van der Waals surface area contributed by atoms with Crippen LogP contribution in [0.1, 0.15) is 121 Å². The van der Waals surface area contributed by atoms with Gasteiger partial charge in [-0.15, -0.1) is 0 Å². The summed E-state index contributed by atoms with van der Waals surface area (Å²) in [6, 6.07) is 17.6. The molecule has 7 heteroatoms. The fourth-order valence-corrected chi connectivity index (χ4v) is 9.02. The highest BCUT2D eigenvalue weighted by atomic mass is 28.4. The topological polar surface area (TPSA) is 65.0 Å². The van der Waals surface area contributed by atoms with Crippen LogP contribution in [0.3, 0.4) is 0 Å². The van der Waals surface area contributed by atoms with E-state index in [1.807, 2.05) is 0 Å². The van der Waals surface area contributed by atoms with E-state index >= 15 is 0 Å². The molecule has 1 aliphatic rings. The number of unbranched alkanes of at least 4 members (excludes halogenated alkanes) is 2. The lowest BCUT2D eigenvalue weighted by Gasteiger charge is -2.40. The average Bonchev–Trinajstić information content (AvgIpc) is 3.27. The van der Waals surface area contributed by atoms with Crippen molar-refractivity contribution in [2.45, 2.75) is 160 Å². The Bertz CT molecular complexity index is 1270. The van der Waals surface area contributed by atoms with Crippen molar-refractivity contribution in [2.24, 2.45) is 5.92 Å². The number of rotatable bonds is 15. The summed E-state index contributed by atoms with van der Waals surface area (Å²) in [5, 5.41) is 11.9. The predicted octanol–water partition coefficient (Wildman–Crippen LogP) is 10.5. The summed E-state index contributed by atoms with van der Waals surface area (Å²) in [6.07, 6.45) is 6.59. The van der Waals surface area contributed by atoms with Crippen LogP contribution in [0, 0.1) is 5.92 Å². The minimum atomic E-state index is -2.09. The van der Waals surface area contributed by atoms with Gasteiger partial charge in [0.15, 0.2) is 16.6 Å². The van der Waals surface area contributed by atoms with E-state index in [4.69, 9.17) is 13.6 Å². The van der Waals surface area contributed by atoms with Gasteiger partial charge in [0.25, 0.3) is 0 Å². The number of carbonyl (C=O) groups is 1. The van der Waals surface area contributed by atoms with Crippen molar-refractivity contribution in [3.05, 3.63) is 70.8 Å². The van der Waals surface area contributed by atoms with E-state index in [0.29, 0.717) is 19.3 Å². The van der Waals surface area contributed by atoms with Gasteiger partial charge in [-0.2, -0.15) is 0 Å². The molecule has 0 aliphatic heterocycles. The van der Waals surface area contributed by atoms with Crippen molar-refractivity contribution in [3.63, 3.8) is 0 Å². The third-order valence-corrected chi connectivity index (χ3v) is 20.4. The van der Waals surface area contributed by atoms with E-state index in [0.717, 1.165) is 24.8 Å². The molecule has 0 spiro atoms. The second kappa shape index (κ2) is 16.3. The van der Waals surface area contributed by atoms with Crippen LogP contribution < -0.4 is 0 Å². The van der Waals surface area contributed by atoms with Crippen molar-refractivity contribution < 1.29 is 23.5 Å². The number of aryl methyl sites for hydroxylation is 1. The van der Waals surface area contributed by atoms with Gasteiger partial charge in [0.1, 0.15) is 0 Å². The average molecular weight is 683 g/mol. The zero-order valence-corrected chi connectivity index (χ0v) is 33.7. The standard InChI is InChI=1S/C40H66O5Si2/c1-13-14-15-19-35(44-46(9,10)39(2,3)4)31-21-23-32(24-22-31)38-33(34(41)28-36(38)45-47(11,12)40(5,6)7)27-30-18-16-17-29(26-30)20-25-37(42)43-8/h16-18,21-24,26,33-36,38,41H,13-15,19-20,25,27-28H2,1-12H3/t33-,34-,35?,36-,38+/m0/s1. The molecule has 264 valence electrons. The highest BCUT2D eigenvalue weighted by Gasteiger charge is 2.48. The SMILES string of the molecule is CCCCCC(O[Si](C)(C)C(C)(C)C)c1ccc([C@@H]2[C@@H](Cc3cccc(CCC(=O)OC)c3)[C@@H](O)C[C@@H]2O[Si](C)(C)C(C)(C)C)cc1. The number of hydrogen-bond donors (Lipinski definition) is 1. The van der Waals surface area contributed by atoms with E-state index < -0.39 is 22.7 Å². The van der Waals surface area contributed by atoms with Crippen LogP contribution in [-0.2, 0) is 31.2 Å². The number of methoxy groups -OCH3 is 1. The predicted molar refractivity (Wildman–Crippen MR) is 201 cm³/mol. The van der Waals surface area contributed by atoms with E-state index in [1.165, 1.54) is 36.6 Å². The number of aliphatic hydroxyl groups is 1. The number of benzene rings is 2. The first-order valence-electron chi connectivity index (χ1n) is 18.1. The molecule has 2 aromatic carbocycles. The first kappa shape index (κ1) is 39.7. The van der Waals surface area contributed by atoms with Crippen LogP contribution >= 0.6 is 0 Å². The van der Waals surface area contributed by atoms with Crippen molar-refractivity contribution >= 4 is 22.6 Å². The monoisotopic (exact) mass is 682 g/mol. The molecule has 1 N–H and O–H groups in total. The fraction of sp³-hybridized carbons (Fsp3) is 0.675. The van der Waals surface area contributed by atoms with Gasteiger partial charge in [0, 0.05) is 12.3 Å². The number of esters is 1. The van der Waals surface area contributed by atoms with Crippen LogP contribution in [0.2, 0.25) is 36.3 Å². The van der Waals surface area contributed by atoms with Gasteiger partial charge in [0.05, 0.1) is 25.4 Å². The second-order valence-electron chi connectivity index (χ2n) is 17.0. The first-order chi connectivity index (χ1) is 21.8. The zero-order chi connectivity index (χ0) is 35.2. The van der Waals surface area contributed by atoms with Crippen LogP contribution in [0.25, 0.3) is 0 Å². The van der Waals surface area contributed by atoms with Crippen LogP contribution in [0.5, 0.6) is 0 Å². The lowest BCUT2D eigenvalue weighted by molar-refractivity contribution is -0.140. The van der Waals surface area contributed by atoms with Gasteiger partial charge in [0.2, 0.25) is 0 Å². The maximum atomic E-state index is 11.8. The van der Waals surface area contributed by atoms with Crippen molar-refractivity contribution in [1.82, 2.24) is 0 Å². The third-order valence-electron chi connectivity index (χ3n) is 11.4. The zero-order valence-electron chi connectivity index (χ0n) is 31.7. The van der Waals surface area contributed by atoms with E-state index in [2.05, 4.69) is 123 Å². The molecule has 5 nitrogen and oxygen atoms in total. The molecule has 0 heterocycles.